The second-order valence-corrected chi connectivity index (χ2v) is 7.12. The maximum Gasteiger partial charge on any atom is 0.280 e. The van der Waals surface area contributed by atoms with Crippen molar-refractivity contribution in [3.63, 3.8) is 0 Å². The van der Waals surface area contributed by atoms with E-state index in [4.69, 9.17) is 0 Å². The van der Waals surface area contributed by atoms with Gasteiger partial charge in [-0.2, -0.15) is 8.42 Å². The molecule has 1 heterocycles. The molecule has 3 rings (SSSR count). The van der Waals surface area contributed by atoms with Gasteiger partial charge in [0.15, 0.2) is 5.03 Å². The molecule has 0 aliphatic carbocycles. The second kappa shape index (κ2) is 6.96. The van der Waals surface area contributed by atoms with Gasteiger partial charge in [0, 0.05) is 18.9 Å². The number of para-hydroxylation sites is 1. The number of anilines is 2. The van der Waals surface area contributed by atoms with Crippen molar-refractivity contribution >= 4 is 27.3 Å². The van der Waals surface area contributed by atoms with Crippen LogP contribution in [0.2, 0.25) is 0 Å². The summed E-state index contributed by atoms with van der Waals surface area (Å²) in [7, 11) is -2.29. The maximum absolute atomic E-state index is 13.0. The summed E-state index contributed by atoms with van der Waals surface area (Å²) in [4.78, 5) is 16.3. The molecule has 7 nitrogen and oxygen atoms in total. The van der Waals surface area contributed by atoms with Crippen LogP contribution in [0.25, 0.3) is 0 Å². The van der Waals surface area contributed by atoms with Crippen LogP contribution in [0, 0.1) is 5.82 Å². The molecule has 0 radical (unpaired) electrons. The fraction of sp³-hybridized carbons (Fsp3) is 0.0588. The zero-order chi connectivity index (χ0) is 18.7. The highest BCUT2D eigenvalue weighted by Crippen LogP contribution is 2.21. The van der Waals surface area contributed by atoms with Crippen LogP contribution in [-0.4, -0.2) is 23.9 Å². The van der Waals surface area contributed by atoms with Crippen molar-refractivity contribution in [1.82, 2.24) is 9.55 Å². The number of halogens is 1. The molecule has 2 N–H and O–H groups in total. The smallest absolute Gasteiger partial charge is 0.280 e. The van der Waals surface area contributed by atoms with Crippen LogP contribution in [0.5, 0.6) is 0 Å². The normalized spacial score (nSPS) is 11.2. The van der Waals surface area contributed by atoms with Crippen molar-refractivity contribution in [2.75, 3.05) is 10.0 Å². The summed E-state index contributed by atoms with van der Waals surface area (Å²) < 4.78 is 41.7. The summed E-state index contributed by atoms with van der Waals surface area (Å²) in [5.41, 5.74) is 0.618. The molecule has 0 saturated heterocycles. The van der Waals surface area contributed by atoms with Gasteiger partial charge < -0.3 is 9.88 Å². The molecule has 26 heavy (non-hydrogen) atoms. The van der Waals surface area contributed by atoms with Gasteiger partial charge >= 0.3 is 0 Å². The van der Waals surface area contributed by atoms with Crippen molar-refractivity contribution in [2.24, 2.45) is 7.05 Å². The van der Waals surface area contributed by atoms with E-state index < -0.39 is 21.7 Å². The SMILES string of the molecule is Cn1cnc(S(=O)(=O)Nc2ccccc2C(=O)Nc2ccc(F)cc2)c1. The number of imidazole rings is 1. The third-order valence-corrected chi connectivity index (χ3v) is 4.72. The molecule has 2 aromatic carbocycles. The molecule has 134 valence electrons. The molecule has 0 aliphatic rings. The first-order chi connectivity index (χ1) is 12.3. The molecule has 0 atom stereocenters. The largest absolute Gasteiger partial charge is 0.339 e. The summed E-state index contributed by atoms with van der Waals surface area (Å²) >= 11 is 0. The Balaban J connectivity index is 1.86. The van der Waals surface area contributed by atoms with Crippen LogP contribution in [0.15, 0.2) is 66.1 Å². The molecular formula is C17H15FN4O3S. The van der Waals surface area contributed by atoms with E-state index >= 15 is 0 Å². The monoisotopic (exact) mass is 374 g/mol. The Kier molecular flexibility index (Phi) is 4.72. The molecule has 9 heteroatoms. The Morgan fingerprint density at radius 1 is 1.12 bits per heavy atom. The lowest BCUT2D eigenvalue weighted by Gasteiger charge is -2.12. The summed E-state index contributed by atoms with van der Waals surface area (Å²) in [6.45, 7) is 0. The molecule has 0 spiro atoms. The van der Waals surface area contributed by atoms with Crippen LogP contribution in [0.1, 0.15) is 10.4 Å². The molecule has 1 amide bonds. The lowest BCUT2D eigenvalue weighted by Crippen LogP contribution is -2.18. The molecule has 0 aliphatic heterocycles. The number of carbonyl (C=O) groups is 1. The number of aromatic nitrogens is 2. The first-order valence-corrected chi connectivity index (χ1v) is 9.00. The standard InChI is InChI=1S/C17H15FN4O3S/c1-22-10-16(19-11-22)26(24,25)21-15-5-3-2-4-14(15)17(23)20-13-8-6-12(18)7-9-13/h2-11,21H,1H3,(H,20,23). The number of sulfonamides is 1. The van der Waals surface area contributed by atoms with Gasteiger partial charge in [0.2, 0.25) is 0 Å². The zero-order valence-corrected chi connectivity index (χ0v) is 14.5. The lowest BCUT2D eigenvalue weighted by atomic mass is 10.1. The third kappa shape index (κ3) is 3.89. The van der Waals surface area contributed by atoms with Gasteiger partial charge in [-0.05, 0) is 36.4 Å². The molecule has 0 unspecified atom stereocenters. The Morgan fingerprint density at radius 3 is 2.46 bits per heavy atom. The molecular weight excluding hydrogens is 359 g/mol. The second-order valence-electron chi connectivity index (χ2n) is 5.49. The highest BCUT2D eigenvalue weighted by atomic mass is 32.2. The predicted octanol–water partition coefficient (Wildman–Crippen LogP) is 2.61. The first kappa shape index (κ1) is 17.6. The van der Waals surface area contributed by atoms with Crippen LogP contribution in [0.4, 0.5) is 15.8 Å². The summed E-state index contributed by atoms with van der Waals surface area (Å²) in [5.74, 6) is -0.956. The van der Waals surface area contributed by atoms with Crippen LogP contribution in [0.3, 0.4) is 0 Å². The first-order valence-electron chi connectivity index (χ1n) is 7.52. The van der Waals surface area contributed by atoms with Crippen molar-refractivity contribution in [3.05, 3.63) is 72.4 Å². The molecule has 0 saturated carbocycles. The number of nitrogens with one attached hydrogen (secondary N) is 2. The lowest BCUT2D eigenvalue weighted by molar-refractivity contribution is 0.102. The van der Waals surface area contributed by atoms with Crippen LogP contribution < -0.4 is 10.0 Å². The minimum Gasteiger partial charge on any atom is -0.339 e. The van der Waals surface area contributed by atoms with Gasteiger partial charge in [0.05, 0.1) is 17.6 Å². The Hall–Kier alpha value is -3.20. The highest BCUT2D eigenvalue weighted by molar-refractivity contribution is 7.92. The summed E-state index contributed by atoms with van der Waals surface area (Å²) in [6.07, 6.45) is 2.71. The predicted molar refractivity (Wildman–Crippen MR) is 94.8 cm³/mol. The Bertz CT molecular complexity index is 1050. The van der Waals surface area contributed by atoms with Crippen molar-refractivity contribution in [3.8, 4) is 0 Å². The Morgan fingerprint density at radius 2 is 1.81 bits per heavy atom. The number of carbonyl (C=O) groups excluding carboxylic acids is 1. The molecule has 0 bridgehead atoms. The van der Waals surface area contributed by atoms with E-state index in [-0.39, 0.29) is 16.3 Å². The number of aryl methyl sites for hydroxylation is 1. The van der Waals surface area contributed by atoms with Crippen molar-refractivity contribution < 1.29 is 17.6 Å². The van der Waals surface area contributed by atoms with Gasteiger partial charge in [0.1, 0.15) is 5.82 Å². The molecule has 3 aromatic rings. The van der Waals surface area contributed by atoms with Gasteiger partial charge in [0.25, 0.3) is 15.9 Å². The van der Waals surface area contributed by atoms with Crippen molar-refractivity contribution in [1.29, 1.82) is 0 Å². The van der Waals surface area contributed by atoms with Crippen molar-refractivity contribution in [2.45, 2.75) is 5.03 Å². The van der Waals surface area contributed by atoms with E-state index in [0.29, 0.717) is 5.69 Å². The van der Waals surface area contributed by atoms with Crippen LogP contribution in [-0.2, 0) is 17.1 Å². The van der Waals surface area contributed by atoms with Gasteiger partial charge in [-0.1, -0.05) is 12.1 Å². The number of hydrogen-bond donors (Lipinski definition) is 2. The summed E-state index contributed by atoms with van der Waals surface area (Å²) in [6, 6.07) is 11.4. The van der Waals surface area contributed by atoms with E-state index in [1.54, 1.807) is 19.2 Å². The topological polar surface area (TPSA) is 93.1 Å². The summed E-state index contributed by atoms with van der Waals surface area (Å²) in [5, 5.41) is 2.44. The number of hydrogen-bond acceptors (Lipinski definition) is 4. The van der Waals surface area contributed by atoms with E-state index in [1.807, 2.05) is 0 Å². The fourth-order valence-corrected chi connectivity index (χ4v) is 3.29. The average molecular weight is 374 g/mol. The molecule has 0 fully saturated rings. The van der Waals surface area contributed by atoms with E-state index in [2.05, 4.69) is 15.0 Å². The zero-order valence-electron chi connectivity index (χ0n) is 13.7. The van der Waals surface area contributed by atoms with Gasteiger partial charge in [-0.3, -0.25) is 9.52 Å². The number of amides is 1. The maximum atomic E-state index is 13.0. The van der Waals surface area contributed by atoms with Crippen LogP contribution >= 0.6 is 0 Å². The average Bonchev–Trinajstić information content (AvgIpc) is 3.04. The number of nitrogens with zero attached hydrogens (tertiary/aromatic N) is 2. The number of benzene rings is 2. The van der Waals surface area contributed by atoms with E-state index in [1.165, 1.54) is 53.5 Å². The quantitative estimate of drug-likeness (QED) is 0.718. The fourth-order valence-electron chi connectivity index (χ4n) is 2.23. The highest BCUT2D eigenvalue weighted by Gasteiger charge is 2.20. The van der Waals surface area contributed by atoms with Gasteiger partial charge in [-0.25, -0.2) is 9.37 Å². The minimum absolute atomic E-state index is 0.109. The minimum atomic E-state index is -3.94. The number of rotatable bonds is 5. The van der Waals surface area contributed by atoms with Gasteiger partial charge in [-0.15, -0.1) is 0 Å². The van der Waals surface area contributed by atoms with E-state index in [9.17, 15) is 17.6 Å². The third-order valence-electron chi connectivity index (χ3n) is 3.47. The molecule has 1 aromatic heterocycles. The Labute approximate surface area is 149 Å². The van der Waals surface area contributed by atoms with E-state index in [0.717, 1.165) is 0 Å².